The Morgan fingerprint density at radius 2 is 2.12 bits per heavy atom. The topological polar surface area (TPSA) is 55.1 Å². The van der Waals surface area contributed by atoms with Gasteiger partial charge in [-0.1, -0.05) is 6.07 Å². The highest BCUT2D eigenvalue weighted by molar-refractivity contribution is 7.19. The minimum Gasteiger partial charge on any atom is -0.497 e. The number of benzene rings is 2. The zero-order valence-electron chi connectivity index (χ0n) is 18.5. The van der Waals surface area contributed by atoms with Crippen LogP contribution < -0.4 is 9.47 Å². The summed E-state index contributed by atoms with van der Waals surface area (Å²) in [5.74, 6) is 2.23. The van der Waals surface area contributed by atoms with Gasteiger partial charge in [-0.3, -0.25) is 4.90 Å². The normalized spacial score (nSPS) is 20.6. The monoisotopic (exact) mass is 451 g/mol. The van der Waals surface area contributed by atoms with E-state index in [-0.39, 0.29) is 6.61 Å². The van der Waals surface area contributed by atoms with E-state index in [0.717, 1.165) is 41.9 Å². The second-order valence-corrected chi connectivity index (χ2v) is 9.79. The van der Waals surface area contributed by atoms with E-state index in [1.165, 1.54) is 15.0 Å². The summed E-state index contributed by atoms with van der Waals surface area (Å²) < 4.78 is 18.0. The molecule has 1 aliphatic heterocycles. The Morgan fingerprint density at radius 3 is 2.97 bits per heavy atom. The number of aliphatic hydroxyl groups is 1. The van der Waals surface area contributed by atoms with Gasteiger partial charge in [-0.25, -0.2) is 0 Å². The highest BCUT2D eigenvalue weighted by atomic mass is 32.1. The number of methoxy groups -OCH3 is 1. The van der Waals surface area contributed by atoms with E-state index in [9.17, 15) is 5.11 Å². The van der Waals surface area contributed by atoms with Gasteiger partial charge in [-0.2, -0.15) is 0 Å². The predicted molar refractivity (Wildman–Crippen MR) is 129 cm³/mol. The van der Waals surface area contributed by atoms with Crippen LogP contribution in [0.25, 0.3) is 21.1 Å². The van der Waals surface area contributed by atoms with Crippen LogP contribution in [0.3, 0.4) is 0 Å². The van der Waals surface area contributed by atoms with Gasteiger partial charge in [0.25, 0.3) is 0 Å². The third-order valence-corrected chi connectivity index (χ3v) is 7.76. The van der Waals surface area contributed by atoms with Gasteiger partial charge in [0, 0.05) is 22.2 Å². The standard InChI is InChI=1S/C26H29NO4S/c1-17-12-19(25-13-18-6-7-21(29-2)14-26(18)32-25)8-10-27(17)15-20(28)16-31-24-5-3-4-23-22(24)9-11-30-23/h3-7,9,11,13-14,17,19-20,28H,8,10,12,15-16H2,1-2H3. The van der Waals surface area contributed by atoms with Crippen molar-refractivity contribution in [2.24, 2.45) is 0 Å². The Kier molecular flexibility index (Phi) is 6.09. The molecule has 2 aromatic carbocycles. The van der Waals surface area contributed by atoms with Gasteiger partial charge in [0.05, 0.1) is 18.8 Å². The number of piperidine rings is 1. The first-order valence-electron chi connectivity index (χ1n) is 11.2. The average Bonchev–Trinajstić information content (AvgIpc) is 3.45. The first kappa shape index (κ1) is 21.3. The van der Waals surface area contributed by atoms with Crippen LogP contribution in [0, 0.1) is 0 Å². The van der Waals surface area contributed by atoms with Crippen LogP contribution in [0.1, 0.15) is 30.6 Å². The molecule has 5 rings (SSSR count). The van der Waals surface area contributed by atoms with Crippen LogP contribution in [0.4, 0.5) is 0 Å². The number of β-amino-alcohol motifs (C(OH)–C–C–N with tert-alkyl or cyclic N) is 1. The summed E-state index contributed by atoms with van der Waals surface area (Å²) in [4.78, 5) is 3.84. The highest BCUT2D eigenvalue weighted by Gasteiger charge is 2.29. The molecular formula is C26H29NO4S. The summed E-state index contributed by atoms with van der Waals surface area (Å²) in [6.07, 6.45) is 3.34. The van der Waals surface area contributed by atoms with Gasteiger partial charge in [-0.15, -0.1) is 11.3 Å². The molecule has 5 nitrogen and oxygen atoms in total. The van der Waals surface area contributed by atoms with Crippen molar-refractivity contribution in [3.63, 3.8) is 0 Å². The molecule has 2 aromatic heterocycles. The summed E-state index contributed by atoms with van der Waals surface area (Å²) in [5.41, 5.74) is 0.798. The summed E-state index contributed by atoms with van der Waals surface area (Å²) >= 11 is 1.88. The van der Waals surface area contributed by atoms with Gasteiger partial charge < -0.3 is 19.0 Å². The van der Waals surface area contributed by atoms with E-state index < -0.39 is 6.10 Å². The van der Waals surface area contributed by atoms with Gasteiger partial charge in [-0.05, 0) is 80.1 Å². The van der Waals surface area contributed by atoms with E-state index in [1.807, 2.05) is 41.7 Å². The number of rotatable bonds is 7. The number of nitrogens with zero attached hydrogens (tertiary/aromatic N) is 1. The maximum atomic E-state index is 10.6. The lowest BCUT2D eigenvalue weighted by Crippen LogP contribution is -2.45. The van der Waals surface area contributed by atoms with Crippen molar-refractivity contribution in [2.75, 3.05) is 26.8 Å². The Balaban J connectivity index is 1.17. The van der Waals surface area contributed by atoms with Crippen molar-refractivity contribution in [3.8, 4) is 11.5 Å². The van der Waals surface area contributed by atoms with E-state index in [1.54, 1.807) is 13.4 Å². The maximum absolute atomic E-state index is 10.6. The Bertz CT molecular complexity index is 1200. The number of ether oxygens (including phenoxy) is 2. The molecular weight excluding hydrogens is 422 g/mol. The van der Waals surface area contributed by atoms with Crippen molar-refractivity contribution in [2.45, 2.75) is 37.8 Å². The van der Waals surface area contributed by atoms with E-state index in [2.05, 4.69) is 30.0 Å². The first-order chi connectivity index (χ1) is 15.6. The molecule has 1 aliphatic rings. The molecule has 4 aromatic rings. The third-order valence-electron chi connectivity index (χ3n) is 6.49. The zero-order valence-corrected chi connectivity index (χ0v) is 19.3. The van der Waals surface area contributed by atoms with E-state index >= 15 is 0 Å². The molecule has 0 saturated carbocycles. The molecule has 0 radical (unpaired) electrons. The lowest BCUT2D eigenvalue weighted by atomic mass is 9.90. The largest absolute Gasteiger partial charge is 0.497 e. The summed E-state index contributed by atoms with van der Waals surface area (Å²) in [7, 11) is 1.71. The number of furan rings is 1. The quantitative estimate of drug-likeness (QED) is 0.393. The molecule has 0 aliphatic carbocycles. The van der Waals surface area contributed by atoms with Crippen LogP contribution in [0.2, 0.25) is 0 Å². The Labute approximate surface area is 192 Å². The fourth-order valence-corrected chi connectivity index (χ4v) is 5.95. The van der Waals surface area contributed by atoms with E-state index in [0.29, 0.717) is 18.5 Å². The second kappa shape index (κ2) is 9.14. The first-order valence-corrected chi connectivity index (χ1v) is 12.0. The molecule has 1 saturated heterocycles. The Morgan fingerprint density at radius 1 is 1.22 bits per heavy atom. The predicted octanol–water partition coefficient (Wildman–Crippen LogP) is 5.66. The highest BCUT2D eigenvalue weighted by Crippen LogP contribution is 2.39. The molecule has 1 fully saturated rings. The number of likely N-dealkylation sites (tertiary alicyclic amines) is 1. The number of hydrogen-bond acceptors (Lipinski definition) is 6. The average molecular weight is 452 g/mol. The fourth-order valence-electron chi connectivity index (χ4n) is 4.71. The molecule has 0 bridgehead atoms. The number of fused-ring (bicyclic) bond motifs is 2. The summed E-state index contributed by atoms with van der Waals surface area (Å²) in [6.45, 7) is 4.15. The molecule has 0 spiro atoms. The molecule has 3 heterocycles. The van der Waals surface area contributed by atoms with Crippen LogP contribution in [0.5, 0.6) is 11.5 Å². The minimum absolute atomic E-state index is 0.273. The van der Waals surface area contributed by atoms with Crippen molar-refractivity contribution < 1.29 is 19.0 Å². The van der Waals surface area contributed by atoms with Crippen molar-refractivity contribution in [3.05, 3.63) is 59.7 Å². The van der Waals surface area contributed by atoms with Gasteiger partial charge in [0.15, 0.2) is 0 Å². The lowest BCUT2D eigenvalue weighted by molar-refractivity contribution is 0.0408. The van der Waals surface area contributed by atoms with Crippen LogP contribution in [-0.2, 0) is 0 Å². The zero-order chi connectivity index (χ0) is 22.1. The smallest absolute Gasteiger partial charge is 0.137 e. The molecule has 32 heavy (non-hydrogen) atoms. The minimum atomic E-state index is -0.534. The van der Waals surface area contributed by atoms with Crippen molar-refractivity contribution in [1.82, 2.24) is 4.90 Å². The van der Waals surface area contributed by atoms with Crippen molar-refractivity contribution >= 4 is 32.4 Å². The summed E-state index contributed by atoms with van der Waals surface area (Å²) in [5, 5.41) is 12.9. The molecule has 3 atom stereocenters. The molecule has 3 unspecified atom stereocenters. The molecule has 168 valence electrons. The van der Waals surface area contributed by atoms with Gasteiger partial charge >= 0.3 is 0 Å². The summed E-state index contributed by atoms with van der Waals surface area (Å²) in [6, 6.07) is 16.7. The van der Waals surface area contributed by atoms with E-state index in [4.69, 9.17) is 13.9 Å². The van der Waals surface area contributed by atoms with Crippen molar-refractivity contribution in [1.29, 1.82) is 0 Å². The Hall–Kier alpha value is -2.54. The maximum Gasteiger partial charge on any atom is 0.137 e. The molecule has 1 N–H and O–H groups in total. The van der Waals surface area contributed by atoms with Crippen LogP contribution in [-0.4, -0.2) is 49.0 Å². The molecule has 0 amide bonds. The molecule has 6 heteroatoms. The number of thiophene rings is 1. The number of hydrogen-bond donors (Lipinski definition) is 1. The SMILES string of the molecule is COc1ccc2cc(C3CCN(CC(O)COc4cccc5occc45)C(C)C3)sc2c1. The van der Waals surface area contributed by atoms with Crippen LogP contribution in [0.15, 0.2) is 59.2 Å². The lowest BCUT2D eigenvalue weighted by Gasteiger charge is -2.38. The van der Waals surface area contributed by atoms with Crippen LogP contribution >= 0.6 is 11.3 Å². The third kappa shape index (κ3) is 4.35. The second-order valence-electron chi connectivity index (χ2n) is 8.67. The van der Waals surface area contributed by atoms with Gasteiger partial charge in [0.1, 0.15) is 29.8 Å². The van der Waals surface area contributed by atoms with Gasteiger partial charge in [0.2, 0.25) is 0 Å². The number of aliphatic hydroxyl groups excluding tert-OH is 1. The fraction of sp³-hybridized carbons (Fsp3) is 0.385.